The SMILES string of the molecule is O=C(NNS(=O)(=O)C1CCCCC1)c1ccccn1. The van der Waals surface area contributed by atoms with Crippen molar-refractivity contribution in [3.8, 4) is 0 Å². The van der Waals surface area contributed by atoms with E-state index in [4.69, 9.17) is 0 Å². The fourth-order valence-corrected chi connectivity index (χ4v) is 3.49. The Morgan fingerprint density at radius 1 is 1.21 bits per heavy atom. The number of carbonyl (C=O) groups is 1. The Morgan fingerprint density at radius 3 is 2.58 bits per heavy atom. The summed E-state index contributed by atoms with van der Waals surface area (Å²) in [5.41, 5.74) is 2.37. The third-order valence-corrected chi connectivity index (χ3v) is 4.93. The van der Waals surface area contributed by atoms with Crippen LogP contribution in [0.4, 0.5) is 0 Å². The molecule has 7 heteroatoms. The van der Waals surface area contributed by atoms with Crippen molar-refractivity contribution in [1.82, 2.24) is 15.2 Å². The first kappa shape index (κ1) is 14.0. The van der Waals surface area contributed by atoms with Crippen LogP contribution in [0.15, 0.2) is 24.4 Å². The van der Waals surface area contributed by atoms with Gasteiger partial charge >= 0.3 is 0 Å². The fraction of sp³-hybridized carbons (Fsp3) is 0.500. The second-order valence-corrected chi connectivity index (χ2v) is 6.54. The molecule has 1 fully saturated rings. The summed E-state index contributed by atoms with van der Waals surface area (Å²) < 4.78 is 24.0. The molecule has 0 aliphatic heterocycles. The van der Waals surface area contributed by atoms with Crippen molar-refractivity contribution < 1.29 is 13.2 Å². The first-order valence-corrected chi connectivity index (χ1v) is 7.86. The van der Waals surface area contributed by atoms with Gasteiger partial charge in [0.15, 0.2) is 0 Å². The first-order chi connectivity index (χ1) is 9.09. The van der Waals surface area contributed by atoms with Crippen molar-refractivity contribution in [3.63, 3.8) is 0 Å². The van der Waals surface area contributed by atoms with Crippen LogP contribution in [-0.4, -0.2) is 24.6 Å². The molecule has 1 aromatic rings. The van der Waals surface area contributed by atoms with Crippen molar-refractivity contribution in [2.75, 3.05) is 0 Å². The minimum atomic E-state index is -3.50. The lowest BCUT2D eigenvalue weighted by Crippen LogP contribution is -2.46. The number of amides is 1. The van der Waals surface area contributed by atoms with Crippen LogP contribution in [0.2, 0.25) is 0 Å². The van der Waals surface area contributed by atoms with Crippen molar-refractivity contribution in [2.24, 2.45) is 0 Å². The molecule has 1 amide bonds. The molecule has 2 N–H and O–H groups in total. The van der Waals surface area contributed by atoms with Gasteiger partial charge in [-0.15, -0.1) is 4.83 Å². The van der Waals surface area contributed by atoms with E-state index in [-0.39, 0.29) is 5.69 Å². The number of aromatic nitrogens is 1. The number of nitrogens with one attached hydrogen (secondary N) is 2. The quantitative estimate of drug-likeness (QED) is 0.806. The standard InChI is InChI=1S/C12H17N3O3S/c16-12(11-8-4-5-9-13-11)14-15-19(17,18)10-6-2-1-3-7-10/h4-5,8-10,15H,1-3,6-7H2,(H,14,16). The molecule has 104 valence electrons. The summed E-state index contributed by atoms with van der Waals surface area (Å²) >= 11 is 0. The summed E-state index contributed by atoms with van der Waals surface area (Å²) in [6, 6.07) is 4.87. The maximum absolute atomic E-state index is 12.0. The van der Waals surface area contributed by atoms with Crippen LogP contribution < -0.4 is 10.3 Å². The van der Waals surface area contributed by atoms with Crippen molar-refractivity contribution in [2.45, 2.75) is 37.4 Å². The number of hydrazine groups is 1. The highest BCUT2D eigenvalue weighted by Gasteiger charge is 2.27. The molecule has 2 rings (SSSR count). The molecule has 0 radical (unpaired) electrons. The lowest BCUT2D eigenvalue weighted by atomic mass is 10.0. The summed E-state index contributed by atoms with van der Waals surface area (Å²) in [7, 11) is -3.50. The van der Waals surface area contributed by atoms with Gasteiger partial charge in [-0.05, 0) is 25.0 Å². The molecular weight excluding hydrogens is 266 g/mol. The molecule has 0 saturated heterocycles. The summed E-state index contributed by atoms with van der Waals surface area (Å²) in [5, 5.41) is -0.412. The van der Waals surface area contributed by atoms with Crippen LogP contribution in [0.3, 0.4) is 0 Å². The predicted molar refractivity (Wildman–Crippen MR) is 70.6 cm³/mol. The molecule has 1 saturated carbocycles. The van der Waals surface area contributed by atoms with Crippen LogP contribution >= 0.6 is 0 Å². The van der Waals surface area contributed by atoms with Crippen LogP contribution in [0.1, 0.15) is 42.6 Å². The Bertz CT molecular complexity index is 524. The molecule has 0 bridgehead atoms. The summed E-state index contributed by atoms with van der Waals surface area (Å²) in [5.74, 6) is -0.556. The van der Waals surface area contributed by atoms with Crippen molar-refractivity contribution in [1.29, 1.82) is 0 Å². The molecule has 1 aliphatic carbocycles. The Hall–Kier alpha value is -1.47. The largest absolute Gasteiger partial charge is 0.284 e. The fourth-order valence-electron chi connectivity index (χ4n) is 2.14. The number of rotatable bonds is 4. The van der Waals surface area contributed by atoms with Gasteiger partial charge in [-0.2, -0.15) is 0 Å². The average Bonchev–Trinajstić information content (AvgIpc) is 2.47. The zero-order valence-electron chi connectivity index (χ0n) is 10.5. The van der Waals surface area contributed by atoms with Crippen molar-refractivity contribution in [3.05, 3.63) is 30.1 Å². The lowest BCUT2D eigenvalue weighted by molar-refractivity contribution is 0.0940. The molecule has 0 spiro atoms. The van der Waals surface area contributed by atoms with Gasteiger partial charge in [-0.1, -0.05) is 25.3 Å². The van der Waals surface area contributed by atoms with E-state index in [0.717, 1.165) is 19.3 Å². The molecule has 0 unspecified atom stereocenters. The first-order valence-electron chi connectivity index (χ1n) is 6.31. The predicted octanol–water partition coefficient (Wildman–Crippen LogP) is 0.978. The number of nitrogens with zero attached hydrogens (tertiary/aromatic N) is 1. The number of hydrogen-bond donors (Lipinski definition) is 2. The van der Waals surface area contributed by atoms with Gasteiger partial charge in [0, 0.05) is 6.20 Å². The maximum Gasteiger partial charge on any atom is 0.284 e. The minimum Gasteiger partial charge on any atom is -0.272 e. The highest BCUT2D eigenvalue weighted by Crippen LogP contribution is 2.22. The molecule has 0 aromatic carbocycles. The molecule has 0 atom stereocenters. The van der Waals surface area contributed by atoms with Crippen LogP contribution in [0.5, 0.6) is 0 Å². The van der Waals surface area contributed by atoms with E-state index in [1.807, 2.05) is 0 Å². The molecular formula is C12H17N3O3S. The van der Waals surface area contributed by atoms with E-state index in [2.05, 4.69) is 15.2 Å². The van der Waals surface area contributed by atoms with Crippen LogP contribution in [0, 0.1) is 0 Å². The summed E-state index contributed by atoms with van der Waals surface area (Å²) in [4.78, 5) is 17.7. The topological polar surface area (TPSA) is 88.2 Å². The average molecular weight is 283 g/mol. The molecule has 1 heterocycles. The van der Waals surface area contributed by atoms with E-state index < -0.39 is 21.2 Å². The Balaban J connectivity index is 1.92. The third-order valence-electron chi connectivity index (χ3n) is 3.20. The lowest BCUT2D eigenvalue weighted by Gasteiger charge is -2.21. The smallest absolute Gasteiger partial charge is 0.272 e. The second-order valence-electron chi connectivity index (χ2n) is 4.58. The van der Waals surface area contributed by atoms with Gasteiger partial charge in [0.05, 0.1) is 5.25 Å². The van der Waals surface area contributed by atoms with E-state index in [1.54, 1.807) is 12.1 Å². The molecule has 6 nitrogen and oxygen atoms in total. The van der Waals surface area contributed by atoms with Gasteiger partial charge in [0.25, 0.3) is 5.91 Å². The highest BCUT2D eigenvalue weighted by atomic mass is 32.2. The molecule has 19 heavy (non-hydrogen) atoms. The van der Waals surface area contributed by atoms with Gasteiger partial charge in [-0.3, -0.25) is 15.2 Å². The van der Waals surface area contributed by atoms with Gasteiger partial charge in [-0.25, -0.2) is 8.42 Å². The van der Waals surface area contributed by atoms with Crippen LogP contribution in [0.25, 0.3) is 0 Å². The van der Waals surface area contributed by atoms with Gasteiger partial charge in [0.2, 0.25) is 10.0 Å². The highest BCUT2D eigenvalue weighted by molar-refractivity contribution is 7.90. The maximum atomic E-state index is 12.0. The molecule has 1 aromatic heterocycles. The van der Waals surface area contributed by atoms with E-state index in [0.29, 0.717) is 12.8 Å². The summed E-state index contributed by atoms with van der Waals surface area (Å²) in [6.45, 7) is 0. The van der Waals surface area contributed by atoms with E-state index in [9.17, 15) is 13.2 Å². The number of carbonyl (C=O) groups excluding carboxylic acids is 1. The zero-order valence-corrected chi connectivity index (χ0v) is 11.3. The Labute approximate surface area is 112 Å². The van der Waals surface area contributed by atoms with Gasteiger partial charge < -0.3 is 0 Å². The van der Waals surface area contributed by atoms with Crippen molar-refractivity contribution >= 4 is 15.9 Å². The summed E-state index contributed by atoms with van der Waals surface area (Å²) in [6.07, 6.45) is 5.68. The number of hydrogen-bond acceptors (Lipinski definition) is 4. The van der Waals surface area contributed by atoms with E-state index in [1.165, 1.54) is 12.3 Å². The van der Waals surface area contributed by atoms with Gasteiger partial charge in [0.1, 0.15) is 5.69 Å². The zero-order chi connectivity index (χ0) is 13.7. The number of pyridine rings is 1. The monoisotopic (exact) mass is 283 g/mol. The number of sulfonamides is 1. The minimum absolute atomic E-state index is 0.175. The Morgan fingerprint density at radius 2 is 1.95 bits per heavy atom. The normalized spacial score (nSPS) is 17.1. The molecule has 1 aliphatic rings. The van der Waals surface area contributed by atoms with Crippen LogP contribution in [-0.2, 0) is 10.0 Å². The van der Waals surface area contributed by atoms with E-state index >= 15 is 0 Å². The third kappa shape index (κ3) is 3.74. The second kappa shape index (κ2) is 6.12. The Kier molecular flexibility index (Phi) is 4.49.